The molecule has 2 aromatic heterocycles. The van der Waals surface area contributed by atoms with Gasteiger partial charge in [0.05, 0.1) is 22.9 Å². The minimum Gasteiger partial charge on any atom is -0.353 e. The monoisotopic (exact) mass is 405 g/mol. The lowest BCUT2D eigenvalue weighted by molar-refractivity contribution is -0.122. The van der Waals surface area contributed by atoms with Crippen LogP contribution in [0.3, 0.4) is 0 Å². The lowest BCUT2D eigenvalue weighted by atomic mass is 10.0. The number of nitrogens with one attached hydrogen (secondary N) is 1. The zero-order valence-electron chi connectivity index (χ0n) is 17.3. The summed E-state index contributed by atoms with van der Waals surface area (Å²) in [5.41, 5.74) is 2.67. The largest absolute Gasteiger partial charge is 0.353 e. The summed E-state index contributed by atoms with van der Waals surface area (Å²) in [6.07, 6.45) is 5.48. The number of aryl methyl sites for hydroxylation is 2. The molecule has 1 fully saturated rings. The topological polar surface area (TPSA) is 80.1 Å². The van der Waals surface area contributed by atoms with Crippen molar-refractivity contribution in [3.63, 3.8) is 0 Å². The highest BCUT2D eigenvalue weighted by molar-refractivity contribution is 5.80. The van der Waals surface area contributed by atoms with E-state index in [-0.39, 0.29) is 23.9 Å². The number of benzene rings is 1. The van der Waals surface area contributed by atoms with Gasteiger partial charge < -0.3 is 5.32 Å². The minimum atomic E-state index is -0.0978. The lowest BCUT2D eigenvalue weighted by Gasteiger charge is -2.32. The summed E-state index contributed by atoms with van der Waals surface area (Å²) in [4.78, 5) is 36.2. The van der Waals surface area contributed by atoms with E-state index in [0.29, 0.717) is 11.9 Å². The summed E-state index contributed by atoms with van der Waals surface area (Å²) < 4.78 is 1.52. The number of piperidine rings is 1. The van der Waals surface area contributed by atoms with Crippen molar-refractivity contribution in [2.45, 2.75) is 45.3 Å². The van der Waals surface area contributed by atoms with Crippen molar-refractivity contribution < 1.29 is 4.79 Å². The number of hydrogen-bond acceptors (Lipinski definition) is 5. The smallest absolute Gasteiger partial charge is 0.261 e. The van der Waals surface area contributed by atoms with E-state index in [9.17, 15) is 9.59 Å². The molecule has 7 heteroatoms. The van der Waals surface area contributed by atoms with Crippen LogP contribution in [0.25, 0.3) is 10.9 Å². The number of para-hydroxylation sites is 1. The Morgan fingerprint density at radius 1 is 1.13 bits per heavy atom. The standard InChI is InChI=1S/C23H27N5O2/c1-17-5-4-7-20-22(17)25-16-28(23(20)30)14-10-21(29)26-18-8-12-27(13-9-18)15-19-6-2-3-11-24-19/h2-7,11,16,18H,8-10,12-15H2,1H3,(H,26,29). The molecule has 7 nitrogen and oxygen atoms in total. The van der Waals surface area contributed by atoms with Gasteiger partial charge in [-0.3, -0.25) is 24.0 Å². The van der Waals surface area contributed by atoms with Crippen molar-refractivity contribution in [1.82, 2.24) is 24.8 Å². The minimum absolute atomic E-state index is 0.0191. The van der Waals surface area contributed by atoms with Crippen molar-refractivity contribution in [1.29, 1.82) is 0 Å². The van der Waals surface area contributed by atoms with Crippen LogP contribution in [0, 0.1) is 6.92 Å². The molecule has 156 valence electrons. The summed E-state index contributed by atoms with van der Waals surface area (Å²) in [5, 5.41) is 3.72. The Kier molecular flexibility index (Phi) is 6.18. The molecule has 0 atom stereocenters. The van der Waals surface area contributed by atoms with Crippen molar-refractivity contribution in [3.05, 3.63) is 70.5 Å². The third kappa shape index (κ3) is 4.74. The Bertz CT molecular complexity index is 1070. The van der Waals surface area contributed by atoms with Crippen molar-refractivity contribution >= 4 is 16.8 Å². The number of aromatic nitrogens is 3. The summed E-state index contributed by atoms with van der Waals surface area (Å²) >= 11 is 0. The number of pyridine rings is 1. The molecule has 0 radical (unpaired) electrons. The fourth-order valence-corrected chi connectivity index (χ4v) is 3.97. The van der Waals surface area contributed by atoms with Gasteiger partial charge in [0.25, 0.3) is 5.56 Å². The predicted molar refractivity (Wildman–Crippen MR) is 116 cm³/mol. The molecule has 0 bridgehead atoms. The summed E-state index contributed by atoms with van der Waals surface area (Å²) in [5.74, 6) is -0.0191. The molecule has 0 spiro atoms. The number of likely N-dealkylation sites (tertiary alicyclic amines) is 1. The van der Waals surface area contributed by atoms with Gasteiger partial charge in [0.1, 0.15) is 0 Å². The fraction of sp³-hybridized carbons (Fsp3) is 0.391. The average Bonchev–Trinajstić information content (AvgIpc) is 2.76. The van der Waals surface area contributed by atoms with Gasteiger partial charge in [0.2, 0.25) is 5.91 Å². The van der Waals surface area contributed by atoms with Gasteiger partial charge in [-0.1, -0.05) is 18.2 Å². The normalized spacial score (nSPS) is 15.4. The maximum absolute atomic E-state index is 12.6. The molecule has 1 aliphatic heterocycles. The van der Waals surface area contributed by atoms with Crippen LogP contribution in [0.5, 0.6) is 0 Å². The summed E-state index contributed by atoms with van der Waals surface area (Å²) in [7, 11) is 0. The van der Waals surface area contributed by atoms with E-state index in [0.717, 1.165) is 49.2 Å². The summed E-state index contributed by atoms with van der Waals surface area (Å²) in [6, 6.07) is 11.7. The Labute approximate surface area is 175 Å². The van der Waals surface area contributed by atoms with Gasteiger partial charge >= 0.3 is 0 Å². The highest BCUT2D eigenvalue weighted by Crippen LogP contribution is 2.14. The van der Waals surface area contributed by atoms with E-state index in [1.54, 1.807) is 12.4 Å². The quantitative estimate of drug-likeness (QED) is 0.681. The predicted octanol–water partition coefficient (Wildman–Crippen LogP) is 2.27. The molecule has 3 aromatic rings. The Hall–Kier alpha value is -3.06. The molecule has 30 heavy (non-hydrogen) atoms. The first-order valence-electron chi connectivity index (χ1n) is 10.5. The van der Waals surface area contributed by atoms with Crippen molar-refractivity contribution in [3.8, 4) is 0 Å². The molecule has 1 saturated heterocycles. The molecule has 0 aliphatic carbocycles. The fourth-order valence-electron chi connectivity index (χ4n) is 3.97. The molecule has 0 saturated carbocycles. The van der Waals surface area contributed by atoms with E-state index < -0.39 is 0 Å². The number of nitrogens with zero attached hydrogens (tertiary/aromatic N) is 4. The van der Waals surface area contributed by atoms with Gasteiger partial charge in [0, 0.05) is 44.8 Å². The van der Waals surface area contributed by atoms with Crippen LogP contribution in [0.1, 0.15) is 30.5 Å². The maximum atomic E-state index is 12.6. The van der Waals surface area contributed by atoms with Crippen LogP contribution in [0.15, 0.2) is 53.7 Å². The molecule has 1 aliphatic rings. The van der Waals surface area contributed by atoms with Gasteiger partial charge in [0.15, 0.2) is 0 Å². The first-order chi connectivity index (χ1) is 14.6. The second-order valence-corrected chi connectivity index (χ2v) is 7.90. The van der Waals surface area contributed by atoms with E-state index in [1.165, 1.54) is 4.57 Å². The lowest BCUT2D eigenvalue weighted by Crippen LogP contribution is -2.44. The van der Waals surface area contributed by atoms with Gasteiger partial charge in [-0.25, -0.2) is 4.98 Å². The number of carbonyl (C=O) groups excluding carboxylic acids is 1. The highest BCUT2D eigenvalue weighted by atomic mass is 16.2. The van der Waals surface area contributed by atoms with Crippen LogP contribution >= 0.6 is 0 Å². The number of rotatable bonds is 6. The second kappa shape index (κ2) is 9.17. The Morgan fingerprint density at radius 2 is 1.97 bits per heavy atom. The Balaban J connectivity index is 1.26. The van der Waals surface area contributed by atoms with Crippen molar-refractivity contribution in [2.75, 3.05) is 13.1 Å². The van der Waals surface area contributed by atoms with Gasteiger partial charge in [-0.05, 0) is 43.5 Å². The van der Waals surface area contributed by atoms with E-state index in [2.05, 4.69) is 20.2 Å². The molecule has 0 unspecified atom stereocenters. The number of carbonyl (C=O) groups is 1. The molecule has 1 aromatic carbocycles. The zero-order valence-corrected chi connectivity index (χ0v) is 17.3. The molecular weight excluding hydrogens is 378 g/mol. The number of amides is 1. The number of fused-ring (bicyclic) bond motifs is 1. The van der Waals surface area contributed by atoms with Gasteiger partial charge in [-0.15, -0.1) is 0 Å². The van der Waals surface area contributed by atoms with Crippen LogP contribution in [-0.4, -0.2) is 44.5 Å². The van der Waals surface area contributed by atoms with Crippen molar-refractivity contribution in [2.24, 2.45) is 0 Å². The summed E-state index contributed by atoms with van der Waals surface area (Å²) in [6.45, 7) is 5.00. The van der Waals surface area contributed by atoms with Crippen LogP contribution in [-0.2, 0) is 17.9 Å². The Morgan fingerprint density at radius 3 is 2.73 bits per heavy atom. The van der Waals surface area contributed by atoms with E-state index in [4.69, 9.17) is 0 Å². The third-order valence-electron chi connectivity index (χ3n) is 5.70. The molecular formula is C23H27N5O2. The number of hydrogen-bond donors (Lipinski definition) is 1. The molecule has 4 rings (SSSR count). The maximum Gasteiger partial charge on any atom is 0.261 e. The van der Waals surface area contributed by atoms with E-state index >= 15 is 0 Å². The molecule has 3 heterocycles. The third-order valence-corrected chi connectivity index (χ3v) is 5.70. The van der Waals surface area contributed by atoms with Crippen LogP contribution < -0.4 is 10.9 Å². The second-order valence-electron chi connectivity index (χ2n) is 7.90. The van der Waals surface area contributed by atoms with Gasteiger partial charge in [-0.2, -0.15) is 0 Å². The zero-order chi connectivity index (χ0) is 20.9. The molecule has 1 amide bonds. The average molecular weight is 406 g/mol. The van der Waals surface area contributed by atoms with E-state index in [1.807, 2.05) is 43.5 Å². The van der Waals surface area contributed by atoms with Crippen LogP contribution in [0.4, 0.5) is 0 Å². The highest BCUT2D eigenvalue weighted by Gasteiger charge is 2.21. The SMILES string of the molecule is Cc1cccc2c(=O)n(CCC(=O)NC3CCN(Cc4ccccn4)CC3)cnc12. The first kappa shape index (κ1) is 20.2. The van der Waals surface area contributed by atoms with Crippen LogP contribution in [0.2, 0.25) is 0 Å². The first-order valence-corrected chi connectivity index (χ1v) is 10.5. The molecule has 1 N–H and O–H groups in total.